The number of sulfone groups is 1. The molecule has 0 radical (unpaired) electrons. The molecule has 1 aliphatic carbocycles. The molecule has 0 amide bonds. The molecule has 0 atom stereocenters. The average molecular weight is 247 g/mol. The first kappa shape index (κ1) is 14.0. The minimum absolute atomic E-state index is 0.106. The molecule has 0 unspecified atom stereocenters. The molecule has 0 aromatic heterocycles. The molecule has 2 N–H and O–H groups in total. The highest BCUT2D eigenvalue weighted by Gasteiger charge is 2.34. The minimum Gasteiger partial charge on any atom is -0.330 e. The molecule has 0 aromatic carbocycles. The largest absolute Gasteiger partial charge is 0.330 e. The summed E-state index contributed by atoms with van der Waals surface area (Å²) >= 11 is 0. The van der Waals surface area contributed by atoms with Gasteiger partial charge < -0.3 is 5.73 Å². The summed E-state index contributed by atoms with van der Waals surface area (Å²) in [6.45, 7) is 2.87. The fourth-order valence-electron chi connectivity index (χ4n) is 2.66. The van der Waals surface area contributed by atoms with Gasteiger partial charge in [-0.05, 0) is 50.0 Å². The van der Waals surface area contributed by atoms with Gasteiger partial charge in [0.1, 0.15) is 9.84 Å². The van der Waals surface area contributed by atoms with E-state index in [0.717, 1.165) is 25.2 Å². The highest BCUT2D eigenvalue weighted by molar-refractivity contribution is 7.90. The van der Waals surface area contributed by atoms with E-state index in [4.69, 9.17) is 5.73 Å². The normalized spacial score (nSPS) is 31.6. The molecule has 1 rings (SSSR count). The lowest BCUT2D eigenvalue weighted by Gasteiger charge is -2.39. The van der Waals surface area contributed by atoms with Gasteiger partial charge in [-0.1, -0.05) is 13.3 Å². The van der Waals surface area contributed by atoms with Crippen molar-refractivity contribution in [1.82, 2.24) is 0 Å². The summed E-state index contributed by atoms with van der Waals surface area (Å²) in [5.41, 5.74) is 5.97. The Morgan fingerprint density at radius 1 is 1.31 bits per heavy atom. The summed E-state index contributed by atoms with van der Waals surface area (Å²) in [4.78, 5) is 0. The Morgan fingerprint density at radius 3 is 2.25 bits per heavy atom. The predicted octanol–water partition coefficient (Wildman–Crippen LogP) is 1.97. The van der Waals surface area contributed by atoms with Crippen LogP contribution < -0.4 is 5.73 Å². The third-order valence-corrected chi connectivity index (χ3v) is 5.13. The predicted molar refractivity (Wildman–Crippen MR) is 68.1 cm³/mol. The van der Waals surface area contributed by atoms with Gasteiger partial charge >= 0.3 is 0 Å². The van der Waals surface area contributed by atoms with Crippen molar-refractivity contribution in [2.45, 2.75) is 45.4 Å². The first-order chi connectivity index (χ1) is 7.41. The van der Waals surface area contributed by atoms with Crippen LogP contribution in [0.5, 0.6) is 0 Å². The van der Waals surface area contributed by atoms with Gasteiger partial charge in [0.15, 0.2) is 0 Å². The number of hydrogen-bond acceptors (Lipinski definition) is 3. The van der Waals surface area contributed by atoms with E-state index >= 15 is 0 Å². The zero-order valence-corrected chi connectivity index (χ0v) is 11.4. The molecular weight excluding hydrogens is 222 g/mol. The van der Waals surface area contributed by atoms with E-state index in [1.807, 2.05) is 0 Å². The molecule has 3 nitrogen and oxygen atoms in total. The molecule has 0 aliphatic heterocycles. The van der Waals surface area contributed by atoms with Gasteiger partial charge in [-0.3, -0.25) is 0 Å². The van der Waals surface area contributed by atoms with Crippen molar-refractivity contribution in [2.75, 3.05) is 18.6 Å². The first-order valence-electron chi connectivity index (χ1n) is 6.28. The average Bonchev–Trinajstić information content (AvgIpc) is 2.26. The van der Waals surface area contributed by atoms with Crippen molar-refractivity contribution < 1.29 is 8.42 Å². The second-order valence-electron chi connectivity index (χ2n) is 5.44. The van der Waals surface area contributed by atoms with E-state index in [2.05, 4.69) is 6.92 Å². The van der Waals surface area contributed by atoms with Gasteiger partial charge in [0, 0.05) is 6.26 Å². The third-order valence-electron chi connectivity index (χ3n) is 4.18. The maximum Gasteiger partial charge on any atom is 0.147 e. The van der Waals surface area contributed by atoms with Crippen LogP contribution in [0.4, 0.5) is 0 Å². The summed E-state index contributed by atoms with van der Waals surface area (Å²) in [6, 6.07) is 0. The second kappa shape index (κ2) is 5.50. The standard InChI is InChI=1S/C12H25NO2S/c1-3-11-4-6-12(10-13,7-5-11)8-9-16(2,14)15/h11H,3-10,13H2,1-2H3. The van der Waals surface area contributed by atoms with Crippen molar-refractivity contribution >= 4 is 9.84 Å². The lowest BCUT2D eigenvalue weighted by Crippen LogP contribution is -2.36. The van der Waals surface area contributed by atoms with Gasteiger partial charge in [0.25, 0.3) is 0 Å². The van der Waals surface area contributed by atoms with E-state index < -0.39 is 9.84 Å². The summed E-state index contributed by atoms with van der Waals surface area (Å²) in [7, 11) is -2.85. The highest BCUT2D eigenvalue weighted by atomic mass is 32.2. The number of rotatable bonds is 5. The second-order valence-corrected chi connectivity index (χ2v) is 7.70. The Labute approximate surface area is 99.7 Å². The third kappa shape index (κ3) is 4.06. The van der Waals surface area contributed by atoms with Crippen LogP contribution in [0.15, 0.2) is 0 Å². The quantitative estimate of drug-likeness (QED) is 0.808. The molecule has 0 spiro atoms. The Morgan fingerprint density at radius 2 is 1.88 bits per heavy atom. The summed E-state index contributed by atoms with van der Waals surface area (Å²) in [5.74, 6) is 1.12. The molecule has 16 heavy (non-hydrogen) atoms. The SMILES string of the molecule is CCC1CCC(CN)(CCS(C)(=O)=O)CC1. The summed E-state index contributed by atoms with van der Waals surface area (Å²) in [5, 5.41) is 0. The molecule has 0 saturated heterocycles. The molecule has 1 fully saturated rings. The fourth-order valence-corrected chi connectivity index (χ4v) is 3.46. The fraction of sp³-hybridized carbons (Fsp3) is 1.00. The van der Waals surface area contributed by atoms with Crippen LogP contribution in [0.1, 0.15) is 45.4 Å². The van der Waals surface area contributed by atoms with Crippen molar-refractivity contribution in [3.8, 4) is 0 Å². The van der Waals surface area contributed by atoms with Gasteiger partial charge in [0.2, 0.25) is 0 Å². The van der Waals surface area contributed by atoms with Gasteiger partial charge in [-0.25, -0.2) is 8.42 Å². The molecule has 1 aliphatic rings. The lowest BCUT2D eigenvalue weighted by atomic mass is 9.68. The Kier molecular flexibility index (Phi) is 4.80. The van der Waals surface area contributed by atoms with Crippen molar-refractivity contribution in [2.24, 2.45) is 17.1 Å². The maximum absolute atomic E-state index is 11.2. The van der Waals surface area contributed by atoms with Crippen LogP contribution >= 0.6 is 0 Å². The molecular formula is C12H25NO2S. The Hall–Kier alpha value is -0.0900. The lowest BCUT2D eigenvalue weighted by molar-refractivity contribution is 0.149. The van der Waals surface area contributed by atoms with Crippen molar-refractivity contribution in [3.63, 3.8) is 0 Å². The van der Waals surface area contributed by atoms with E-state index in [1.165, 1.54) is 25.5 Å². The molecule has 0 heterocycles. The zero-order valence-electron chi connectivity index (χ0n) is 10.5. The van der Waals surface area contributed by atoms with E-state index in [-0.39, 0.29) is 5.41 Å². The van der Waals surface area contributed by atoms with Gasteiger partial charge in [-0.15, -0.1) is 0 Å². The minimum atomic E-state index is -2.85. The van der Waals surface area contributed by atoms with Crippen LogP contribution in [-0.2, 0) is 9.84 Å². The summed E-state index contributed by atoms with van der Waals surface area (Å²) in [6.07, 6.45) is 7.96. The molecule has 1 saturated carbocycles. The van der Waals surface area contributed by atoms with Crippen molar-refractivity contribution in [3.05, 3.63) is 0 Å². The topological polar surface area (TPSA) is 60.2 Å². The van der Waals surface area contributed by atoms with Crippen LogP contribution in [0.2, 0.25) is 0 Å². The smallest absolute Gasteiger partial charge is 0.147 e. The summed E-state index contributed by atoms with van der Waals surface area (Å²) < 4.78 is 22.4. The van der Waals surface area contributed by atoms with Gasteiger partial charge in [-0.2, -0.15) is 0 Å². The van der Waals surface area contributed by atoms with Crippen LogP contribution in [0.3, 0.4) is 0 Å². The number of nitrogens with two attached hydrogens (primary N) is 1. The highest BCUT2D eigenvalue weighted by Crippen LogP contribution is 2.41. The number of hydrogen-bond donors (Lipinski definition) is 1. The monoisotopic (exact) mass is 247 g/mol. The molecule has 0 bridgehead atoms. The van der Waals surface area contributed by atoms with E-state index in [1.54, 1.807) is 0 Å². The van der Waals surface area contributed by atoms with Gasteiger partial charge in [0.05, 0.1) is 5.75 Å². The van der Waals surface area contributed by atoms with Crippen LogP contribution in [0, 0.1) is 11.3 Å². The zero-order chi connectivity index (χ0) is 12.2. The Balaban J connectivity index is 2.53. The maximum atomic E-state index is 11.2. The van der Waals surface area contributed by atoms with Crippen molar-refractivity contribution in [1.29, 1.82) is 0 Å². The van der Waals surface area contributed by atoms with Crippen LogP contribution in [-0.4, -0.2) is 27.0 Å². The Bertz CT molecular complexity index is 303. The van der Waals surface area contributed by atoms with E-state index in [0.29, 0.717) is 12.3 Å². The first-order valence-corrected chi connectivity index (χ1v) is 8.35. The van der Waals surface area contributed by atoms with Crippen LogP contribution in [0.25, 0.3) is 0 Å². The van der Waals surface area contributed by atoms with E-state index in [9.17, 15) is 8.42 Å². The molecule has 96 valence electrons. The molecule has 4 heteroatoms. The molecule has 0 aromatic rings.